The van der Waals surface area contributed by atoms with Gasteiger partial charge in [0.05, 0.1) is 0 Å². The molecular weight excluding hydrogens is 721 g/mol. The normalized spacial score (nSPS) is 12.7. The second-order valence-corrected chi connectivity index (χ2v) is 15.8. The fraction of sp³-hybridized carbons (Fsp3) is 0.712. The van der Waals surface area contributed by atoms with Crippen molar-refractivity contribution in [2.45, 2.75) is 226 Å². The Morgan fingerprint density at radius 3 is 1.05 bits per heavy atom. The van der Waals surface area contributed by atoms with Crippen LogP contribution in [0, 0.1) is 0 Å². The quantitative estimate of drug-likeness (QED) is 0.0264. The number of carbonyl (C=O) groups is 3. The van der Waals surface area contributed by atoms with Gasteiger partial charge >= 0.3 is 17.9 Å². The maximum atomic E-state index is 12.7. The first kappa shape index (κ1) is 54.9. The summed E-state index contributed by atoms with van der Waals surface area (Å²) in [5.41, 5.74) is 0. The van der Waals surface area contributed by atoms with E-state index in [1.165, 1.54) is 109 Å². The standard InChI is InChI=1S/C52H88O6/c1-4-7-10-13-16-19-22-24-25-26-27-29-30-33-36-39-42-45-51(54)57-48-49(47-56-50(53)44-41-38-35-32-21-18-15-12-9-6-3)58-52(55)46-43-40-37-34-31-28-23-20-17-14-11-8-5-2/h7,10,13,16,19,22,24-27,29-30,49H,4-6,8-9,11-12,14-15,17-18,20-21,23,28,31-48H2,1-3H3/b10-7-,16-13-,22-19-,25-24-,27-26+,30-29-. The van der Waals surface area contributed by atoms with Crippen molar-refractivity contribution in [1.29, 1.82) is 0 Å². The van der Waals surface area contributed by atoms with Crippen LogP contribution in [0.2, 0.25) is 0 Å². The second-order valence-electron chi connectivity index (χ2n) is 15.8. The van der Waals surface area contributed by atoms with Crippen molar-refractivity contribution in [2.75, 3.05) is 13.2 Å². The summed E-state index contributed by atoms with van der Waals surface area (Å²) < 4.78 is 16.7. The topological polar surface area (TPSA) is 78.9 Å². The number of hydrogen-bond acceptors (Lipinski definition) is 6. The molecule has 0 aromatic heterocycles. The monoisotopic (exact) mass is 809 g/mol. The molecule has 0 saturated heterocycles. The first-order chi connectivity index (χ1) is 28.5. The minimum absolute atomic E-state index is 0.0875. The molecule has 6 nitrogen and oxygen atoms in total. The zero-order valence-electron chi connectivity index (χ0n) is 37.8. The molecule has 1 unspecified atom stereocenters. The van der Waals surface area contributed by atoms with E-state index in [1.807, 2.05) is 60.8 Å². The highest BCUT2D eigenvalue weighted by atomic mass is 16.6. The van der Waals surface area contributed by atoms with Crippen molar-refractivity contribution >= 4 is 17.9 Å². The molecule has 0 aliphatic carbocycles. The van der Waals surface area contributed by atoms with Gasteiger partial charge in [-0.2, -0.15) is 0 Å². The lowest BCUT2D eigenvalue weighted by Gasteiger charge is -2.18. The van der Waals surface area contributed by atoms with Crippen LogP contribution in [0.3, 0.4) is 0 Å². The van der Waals surface area contributed by atoms with Crippen LogP contribution in [-0.4, -0.2) is 37.2 Å². The van der Waals surface area contributed by atoms with Gasteiger partial charge in [0.15, 0.2) is 6.10 Å². The summed E-state index contributed by atoms with van der Waals surface area (Å²) in [7, 11) is 0. The van der Waals surface area contributed by atoms with E-state index in [0.29, 0.717) is 19.3 Å². The number of allylic oxidation sites excluding steroid dienone is 12. The molecule has 6 heteroatoms. The first-order valence-electron chi connectivity index (χ1n) is 24.0. The zero-order chi connectivity index (χ0) is 42.3. The van der Waals surface area contributed by atoms with Gasteiger partial charge in [0, 0.05) is 19.3 Å². The van der Waals surface area contributed by atoms with Gasteiger partial charge in [0.2, 0.25) is 0 Å². The van der Waals surface area contributed by atoms with Crippen molar-refractivity contribution in [1.82, 2.24) is 0 Å². The van der Waals surface area contributed by atoms with Gasteiger partial charge in [-0.05, 0) is 38.5 Å². The van der Waals surface area contributed by atoms with Gasteiger partial charge in [-0.3, -0.25) is 14.4 Å². The molecule has 0 aromatic carbocycles. The van der Waals surface area contributed by atoms with Crippen LogP contribution in [0.4, 0.5) is 0 Å². The molecule has 0 heterocycles. The van der Waals surface area contributed by atoms with Crippen LogP contribution in [0.1, 0.15) is 220 Å². The Labute approximate surface area is 357 Å². The van der Waals surface area contributed by atoms with Crippen molar-refractivity contribution < 1.29 is 28.6 Å². The van der Waals surface area contributed by atoms with Crippen molar-refractivity contribution in [2.24, 2.45) is 0 Å². The number of ether oxygens (including phenoxy) is 3. The minimum atomic E-state index is -0.788. The second kappa shape index (κ2) is 46.5. The summed E-state index contributed by atoms with van der Waals surface area (Å²) in [5.74, 6) is -0.934. The number of carbonyl (C=O) groups excluding carboxylic acids is 3. The fourth-order valence-corrected chi connectivity index (χ4v) is 6.53. The third-order valence-corrected chi connectivity index (χ3v) is 10.1. The molecule has 0 spiro atoms. The number of esters is 3. The highest BCUT2D eigenvalue weighted by Crippen LogP contribution is 2.15. The van der Waals surface area contributed by atoms with Crippen molar-refractivity contribution in [3.8, 4) is 0 Å². The third-order valence-electron chi connectivity index (χ3n) is 10.1. The van der Waals surface area contributed by atoms with Crippen molar-refractivity contribution in [3.05, 3.63) is 72.9 Å². The summed E-state index contributed by atoms with van der Waals surface area (Å²) in [6.07, 6.45) is 57.3. The van der Waals surface area contributed by atoms with Crippen LogP contribution >= 0.6 is 0 Å². The van der Waals surface area contributed by atoms with Crippen LogP contribution in [0.15, 0.2) is 72.9 Å². The van der Waals surface area contributed by atoms with E-state index in [4.69, 9.17) is 14.2 Å². The molecule has 0 N–H and O–H groups in total. The Morgan fingerprint density at radius 1 is 0.362 bits per heavy atom. The first-order valence-corrected chi connectivity index (χ1v) is 24.0. The molecule has 0 rings (SSSR count). The molecule has 0 aliphatic rings. The SMILES string of the molecule is CC\C=C/C=C\C=C/C=C\C=C\C=C/CCCCCC(=O)OCC(COC(=O)CCCCCCCCCCCC)OC(=O)CCCCCCCCCCCCCCC. The van der Waals surface area contributed by atoms with Gasteiger partial charge in [-0.1, -0.05) is 235 Å². The van der Waals surface area contributed by atoms with Gasteiger partial charge < -0.3 is 14.2 Å². The predicted octanol–water partition coefficient (Wildman–Crippen LogP) is 15.5. The summed E-state index contributed by atoms with van der Waals surface area (Å²) in [6, 6.07) is 0. The molecule has 58 heavy (non-hydrogen) atoms. The number of hydrogen-bond donors (Lipinski definition) is 0. The molecule has 0 aromatic rings. The Balaban J connectivity index is 4.45. The minimum Gasteiger partial charge on any atom is -0.462 e. The highest BCUT2D eigenvalue weighted by molar-refractivity contribution is 5.71. The molecule has 0 radical (unpaired) electrons. The molecule has 0 fully saturated rings. The van der Waals surface area contributed by atoms with E-state index in [-0.39, 0.29) is 31.1 Å². The molecule has 0 bridgehead atoms. The lowest BCUT2D eigenvalue weighted by molar-refractivity contribution is -0.167. The maximum absolute atomic E-state index is 12.7. The molecule has 0 saturated carbocycles. The largest absolute Gasteiger partial charge is 0.462 e. The molecular formula is C52H88O6. The number of rotatable bonds is 42. The van der Waals surface area contributed by atoms with Gasteiger partial charge in [0.25, 0.3) is 0 Å². The van der Waals surface area contributed by atoms with E-state index in [0.717, 1.165) is 70.6 Å². The smallest absolute Gasteiger partial charge is 0.306 e. The Bertz CT molecular complexity index is 1110. The van der Waals surface area contributed by atoms with Crippen molar-refractivity contribution in [3.63, 3.8) is 0 Å². The lowest BCUT2D eigenvalue weighted by atomic mass is 10.0. The molecule has 1 atom stereocenters. The van der Waals surface area contributed by atoms with Gasteiger partial charge in [-0.15, -0.1) is 0 Å². The summed E-state index contributed by atoms with van der Waals surface area (Å²) >= 11 is 0. The summed E-state index contributed by atoms with van der Waals surface area (Å²) in [6.45, 7) is 6.43. The third kappa shape index (κ3) is 44.0. The average molecular weight is 809 g/mol. The van der Waals surface area contributed by atoms with E-state index >= 15 is 0 Å². The average Bonchev–Trinajstić information content (AvgIpc) is 3.22. The van der Waals surface area contributed by atoms with E-state index in [1.54, 1.807) is 0 Å². The van der Waals surface area contributed by atoms with Crippen LogP contribution in [-0.2, 0) is 28.6 Å². The highest BCUT2D eigenvalue weighted by Gasteiger charge is 2.19. The van der Waals surface area contributed by atoms with Crippen LogP contribution in [0.25, 0.3) is 0 Å². The number of unbranched alkanes of at least 4 members (excludes halogenated alkanes) is 24. The van der Waals surface area contributed by atoms with Gasteiger partial charge in [0.1, 0.15) is 13.2 Å². The van der Waals surface area contributed by atoms with Crippen LogP contribution < -0.4 is 0 Å². The molecule has 0 amide bonds. The lowest BCUT2D eigenvalue weighted by Crippen LogP contribution is -2.30. The molecule has 332 valence electrons. The van der Waals surface area contributed by atoms with E-state index in [9.17, 15) is 14.4 Å². The predicted molar refractivity (Wildman–Crippen MR) is 247 cm³/mol. The summed E-state index contributed by atoms with van der Waals surface area (Å²) in [4.78, 5) is 37.8. The van der Waals surface area contributed by atoms with Crippen LogP contribution in [0.5, 0.6) is 0 Å². The Kier molecular flexibility index (Phi) is 44.0. The Hall–Kier alpha value is -3.15. The molecule has 0 aliphatic heterocycles. The van der Waals surface area contributed by atoms with Gasteiger partial charge in [-0.25, -0.2) is 0 Å². The van der Waals surface area contributed by atoms with E-state index in [2.05, 4.69) is 32.9 Å². The maximum Gasteiger partial charge on any atom is 0.306 e. The summed E-state index contributed by atoms with van der Waals surface area (Å²) in [5, 5.41) is 0. The Morgan fingerprint density at radius 2 is 0.672 bits per heavy atom. The zero-order valence-corrected chi connectivity index (χ0v) is 37.8. The fourth-order valence-electron chi connectivity index (χ4n) is 6.53. The van der Waals surface area contributed by atoms with E-state index < -0.39 is 6.10 Å².